The Morgan fingerprint density at radius 2 is 2.20 bits per heavy atom. The average molecular weight is 270 g/mol. The highest BCUT2D eigenvalue weighted by atomic mass is 16.5. The molecule has 1 N–H and O–H groups in total. The number of ether oxygens (including phenoxy) is 1. The van der Waals surface area contributed by atoms with E-state index in [0.717, 1.165) is 30.1 Å². The van der Waals surface area contributed by atoms with Crippen molar-refractivity contribution in [1.82, 2.24) is 10.3 Å². The molecule has 1 fully saturated rings. The van der Waals surface area contributed by atoms with Crippen LogP contribution in [0.5, 0.6) is 5.75 Å². The molecule has 1 unspecified atom stereocenters. The third kappa shape index (κ3) is 2.78. The zero-order valence-electron chi connectivity index (χ0n) is 12.1. The van der Waals surface area contributed by atoms with Crippen molar-refractivity contribution < 1.29 is 4.74 Å². The molecule has 0 radical (unpaired) electrons. The summed E-state index contributed by atoms with van der Waals surface area (Å²) in [5.41, 5.74) is 2.39. The van der Waals surface area contributed by atoms with Crippen molar-refractivity contribution >= 4 is 10.9 Å². The third-order valence-electron chi connectivity index (χ3n) is 4.25. The molecule has 0 saturated carbocycles. The fraction of sp³-hybridized carbons (Fsp3) is 0.471. The van der Waals surface area contributed by atoms with Gasteiger partial charge in [0.25, 0.3) is 0 Å². The quantitative estimate of drug-likeness (QED) is 0.930. The van der Waals surface area contributed by atoms with Crippen molar-refractivity contribution in [2.45, 2.75) is 25.7 Å². The van der Waals surface area contributed by atoms with Crippen LogP contribution in [-0.4, -0.2) is 25.2 Å². The molecule has 3 nitrogen and oxygen atoms in total. The molecular formula is C17H22N2O. The lowest BCUT2D eigenvalue weighted by Gasteiger charge is -2.15. The summed E-state index contributed by atoms with van der Waals surface area (Å²) in [7, 11) is 1.71. The van der Waals surface area contributed by atoms with Crippen molar-refractivity contribution in [3.8, 4) is 5.75 Å². The first-order valence-corrected chi connectivity index (χ1v) is 7.50. The first-order chi connectivity index (χ1) is 9.88. The molecule has 0 spiro atoms. The van der Waals surface area contributed by atoms with Gasteiger partial charge < -0.3 is 10.1 Å². The maximum Gasteiger partial charge on any atom is 0.145 e. The number of hydrogen-bond acceptors (Lipinski definition) is 3. The molecule has 2 aromatic rings. The van der Waals surface area contributed by atoms with E-state index in [9.17, 15) is 0 Å². The van der Waals surface area contributed by atoms with E-state index in [-0.39, 0.29) is 0 Å². The smallest absolute Gasteiger partial charge is 0.145 e. The molecule has 1 atom stereocenters. The van der Waals surface area contributed by atoms with Crippen LogP contribution in [0, 0.1) is 5.92 Å². The Morgan fingerprint density at radius 3 is 3.10 bits per heavy atom. The molecular weight excluding hydrogens is 248 g/mol. The van der Waals surface area contributed by atoms with E-state index < -0.39 is 0 Å². The number of hydrogen-bond donors (Lipinski definition) is 1. The molecule has 0 bridgehead atoms. The average Bonchev–Trinajstić information content (AvgIpc) is 2.76. The number of nitrogens with zero attached hydrogens (tertiary/aromatic N) is 1. The molecule has 3 rings (SSSR count). The number of benzene rings is 1. The van der Waals surface area contributed by atoms with Gasteiger partial charge in [-0.05, 0) is 62.4 Å². The lowest BCUT2D eigenvalue weighted by Crippen LogP contribution is -2.14. The number of pyridine rings is 1. The van der Waals surface area contributed by atoms with Crippen LogP contribution in [0.2, 0.25) is 0 Å². The number of methoxy groups -OCH3 is 1. The van der Waals surface area contributed by atoms with Gasteiger partial charge in [0, 0.05) is 11.6 Å². The van der Waals surface area contributed by atoms with Crippen LogP contribution >= 0.6 is 0 Å². The summed E-state index contributed by atoms with van der Waals surface area (Å²) in [4.78, 5) is 4.49. The number of nitrogens with one attached hydrogen (secondary N) is 1. The van der Waals surface area contributed by atoms with Crippen LogP contribution < -0.4 is 10.1 Å². The molecule has 1 aromatic carbocycles. The van der Waals surface area contributed by atoms with Crippen molar-refractivity contribution in [3.63, 3.8) is 0 Å². The highest BCUT2D eigenvalue weighted by Gasteiger charge is 2.15. The summed E-state index contributed by atoms with van der Waals surface area (Å²) >= 11 is 0. The lowest BCUT2D eigenvalue weighted by atomic mass is 9.91. The standard InChI is InChI=1S/C17H22N2O/c1-20-16-6-2-5-15-14(8-11-19-17(15)16)12-13-4-3-9-18-10-7-13/h2,5-6,8,11,13,18H,3-4,7,9-10,12H2,1H3. The summed E-state index contributed by atoms with van der Waals surface area (Å²) in [6.45, 7) is 2.32. The maximum absolute atomic E-state index is 5.42. The Balaban J connectivity index is 1.91. The van der Waals surface area contributed by atoms with Crippen LogP contribution in [0.4, 0.5) is 0 Å². The van der Waals surface area contributed by atoms with Gasteiger partial charge in [-0.15, -0.1) is 0 Å². The molecule has 0 amide bonds. The first kappa shape index (κ1) is 13.4. The molecule has 20 heavy (non-hydrogen) atoms. The molecule has 3 heteroatoms. The molecule has 1 aliphatic heterocycles. The van der Waals surface area contributed by atoms with E-state index in [0.29, 0.717) is 0 Å². The van der Waals surface area contributed by atoms with E-state index in [1.807, 2.05) is 12.3 Å². The predicted octanol–water partition coefficient (Wildman–Crippen LogP) is 3.18. The zero-order chi connectivity index (χ0) is 13.8. The van der Waals surface area contributed by atoms with Crippen LogP contribution in [0.1, 0.15) is 24.8 Å². The number of fused-ring (bicyclic) bond motifs is 1. The monoisotopic (exact) mass is 270 g/mol. The van der Waals surface area contributed by atoms with E-state index >= 15 is 0 Å². The molecule has 106 valence electrons. The van der Waals surface area contributed by atoms with Gasteiger partial charge in [-0.2, -0.15) is 0 Å². The molecule has 1 aromatic heterocycles. The van der Waals surface area contributed by atoms with E-state index in [4.69, 9.17) is 4.74 Å². The predicted molar refractivity (Wildman–Crippen MR) is 82.2 cm³/mol. The van der Waals surface area contributed by atoms with Crippen molar-refractivity contribution in [1.29, 1.82) is 0 Å². The minimum atomic E-state index is 0.779. The molecule has 0 aliphatic carbocycles. The second-order valence-corrected chi connectivity index (χ2v) is 5.58. The summed E-state index contributed by atoms with van der Waals surface area (Å²) in [5.74, 6) is 1.65. The number of para-hydroxylation sites is 1. The topological polar surface area (TPSA) is 34.1 Å². The van der Waals surface area contributed by atoms with E-state index in [1.165, 1.54) is 36.8 Å². The summed E-state index contributed by atoms with van der Waals surface area (Å²) < 4.78 is 5.42. The summed E-state index contributed by atoms with van der Waals surface area (Å²) in [5, 5.41) is 4.73. The number of rotatable bonds is 3. The zero-order valence-corrected chi connectivity index (χ0v) is 12.1. The third-order valence-corrected chi connectivity index (χ3v) is 4.25. The van der Waals surface area contributed by atoms with Gasteiger partial charge in [-0.25, -0.2) is 0 Å². The van der Waals surface area contributed by atoms with Crippen molar-refractivity contribution in [2.75, 3.05) is 20.2 Å². The van der Waals surface area contributed by atoms with E-state index in [2.05, 4.69) is 28.5 Å². The largest absolute Gasteiger partial charge is 0.494 e. The van der Waals surface area contributed by atoms with Gasteiger partial charge in [-0.3, -0.25) is 4.98 Å². The minimum absolute atomic E-state index is 0.779. The highest BCUT2D eigenvalue weighted by Crippen LogP contribution is 2.28. The highest BCUT2D eigenvalue weighted by molar-refractivity contribution is 5.87. The molecule has 1 saturated heterocycles. The maximum atomic E-state index is 5.42. The van der Waals surface area contributed by atoms with Crippen LogP contribution in [0.25, 0.3) is 10.9 Å². The SMILES string of the molecule is COc1cccc2c(CC3CCCNCC3)ccnc12. The van der Waals surface area contributed by atoms with Gasteiger partial charge in [0.05, 0.1) is 7.11 Å². The first-order valence-electron chi connectivity index (χ1n) is 7.50. The minimum Gasteiger partial charge on any atom is -0.494 e. The Kier molecular flexibility index (Phi) is 4.16. The fourth-order valence-electron chi connectivity index (χ4n) is 3.16. The normalized spacial score (nSPS) is 19.8. The van der Waals surface area contributed by atoms with Crippen LogP contribution in [0.15, 0.2) is 30.5 Å². The van der Waals surface area contributed by atoms with Gasteiger partial charge >= 0.3 is 0 Å². The Morgan fingerprint density at radius 1 is 1.25 bits per heavy atom. The van der Waals surface area contributed by atoms with Crippen molar-refractivity contribution in [3.05, 3.63) is 36.0 Å². The second kappa shape index (κ2) is 6.23. The van der Waals surface area contributed by atoms with Crippen LogP contribution in [-0.2, 0) is 6.42 Å². The van der Waals surface area contributed by atoms with Gasteiger partial charge in [-0.1, -0.05) is 12.1 Å². The Hall–Kier alpha value is -1.61. The van der Waals surface area contributed by atoms with Gasteiger partial charge in [0.15, 0.2) is 0 Å². The van der Waals surface area contributed by atoms with Crippen molar-refractivity contribution in [2.24, 2.45) is 5.92 Å². The summed E-state index contributed by atoms with van der Waals surface area (Å²) in [6, 6.07) is 8.37. The molecule has 2 heterocycles. The lowest BCUT2D eigenvalue weighted by molar-refractivity contribution is 0.419. The number of aromatic nitrogens is 1. The Bertz CT molecular complexity index is 574. The Labute approximate surface area is 120 Å². The van der Waals surface area contributed by atoms with Crippen LogP contribution in [0.3, 0.4) is 0 Å². The second-order valence-electron chi connectivity index (χ2n) is 5.58. The van der Waals surface area contributed by atoms with E-state index in [1.54, 1.807) is 7.11 Å². The van der Waals surface area contributed by atoms with Gasteiger partial charge in [0.1, 0.15) is 11.3 Å². The summed E-state index contributed by atoms with van der Waals surface area (Å²) in [6.07, 6.45) is 6.94. The molecule has 1 aliphatic rings. The van der Waals surface area contributed by atoms with Gasteiger partial charge in [0.2, 0.25) is 0 Å². The fourth-order valence-corrected chi connectivity index (χ4v) is 3.16.